The van der Waals surface area contributed by atoms with Crippen LogP contribution in [0.1, 0.15) is 12.5 Å². The molecule has 3 N–H and O–H groups in total. The molecule has 0 aromatic carbocycles. The van der Waals surface area contributed by atoms with Gasteiger partial charge in [0.2, 0.25) is 5.91 Å². The molecule has 1 aliphatic heterocycles. The maximum absolute atomic E-state index is 12.5. The first-order valence-corrected chi connectivity index (χ1v) is 7.03. The number of aromatic nitrogens is 1. The molecule has 0 saturated heterocycles. The number of hydrogen-bond donors (Lipinski definition) is 3. The highest BCUT2D eigenvalue weighted by Crippen LogP contribution is 2.20. The molecular weight excluding hydrogens is 278 g/mol. The van der Waals surface area contributed by atoms with Crippen molar-refractivity contribution < 1.29 is 4.79 Å². The van der Waals surface area contributed by atoms with E-state index >= 15 is 0 Å². The molecule has 0 saturated carbocycles. The van der Waals surface area contributed by atoms with Crippen molar-refractivity contribution in [2.24, 2.45) is 5.92 Å². The molecule has 1 amide bonds. The summed E-state index contributed by atoms with van der Waals surface area (Å²) >= 11 is 0. The molecule has 2 heterocycles. The Hall–Kier alpha value is -2.63. The molecule has 0 fully saturated rings. The van der Waals surface area contributed by atoms with Gasteiger partial charge in [0, 0.05) is 30.9 Å². The van der Waals surface area contributed by atoms with Gasteiger partial charge in [0.05, 0.1) is 0 Å². The lowest BCUT2D eigenvalue weighted by atomic mass is 10.0. The maximum atomic E-state index is 12.5. The minimum Gasteiger partial charge on any atom is -0.365 e. The predicted octanol–water partition coefficient (Wildman–Crippen LogP) is 1.87. The summed E-state index contributed by atoms with van der Waals surface area (Å²) in [6, 6.07) is 3.62. The number of hydrogen-bond acceptors (Lipinski definition) is 5. The van der Waals surface area contributed by atoms with Crippen molar-refractivity contribution in [3.63, 3.8) is 0 Å². The third-order valence-electron chi connectivity index (χ3n) is 3.68. The van der Waals surface area contributed by atoms with E-state index < -0.39 is 5.92 Å². The highest BCUT2D eigenvalue weighted by Gasteiger charge is 2.32. The van der Waals surface area contributed by atoms with Crippen LogP contribution in [0.4, 0.5) is 5.82 Å². The number of nitrogens with zero attached hydrogens (tertiary/aromatic N) is 2. The topological polar surface area (TPSA) is 81.1 Å². The number of carbonyl (C=O) groups excluding carboxylic acids is 1. The van der Waals surface area contributed by atoms with Crippen LogP contribution in [0.2, 0.25) is 0 Å². The molecule has 116 valence electrons. The Morgan fingerprint density at radius 3 is 2.86 bits per heavy atom. The van der Waals surface area contributed by atoms with Crippen LogP contribution in [0.15, 0.2) is 42.4 Å². The number of anilines is 1. The molecule has 1 aromatic heterocycles. The first kappa shape index (κ1) is 15.8. The third-order valence-corrected chi connectivity index (χ3v) is 3.68. The highest BCUT2D eigenvalue weighted by atomic mass is 16.2. The van der Waals surface area contributed by atoms with Gasteiger partial charge in [-0.2, -0.15) is 0 Å². The monoisotopic (exact) mass is 299 g/mol. The van der Waals surface area contributed by atoms with Crippen molar-refractivity contribution >= 4 is 17.9 Å². The van der Waals surface area contributed by atoms with Crippen LogP contribution in [0.5, 0.6) is 0 Å². The maximum Gasteiger partial charge on any atom is 0.238 e. The van der Waals surface area contributed by atoms with Gasteiger partial charge in [-0.15, -0.1) is 0 Å². The molecule has 0 radical (unpaired) electrons. The van der Waals surface area contributed by atoms with E-state index in [1.807, 2.05) is 37.9 Å². The first-order chi connectivity index (χ1) is 10.4. The molecule has 0 bridgehead atoms. The van der Waals surface area contributed by atoms with Crippen molar-refractivity contribution in [3.05, 3.63) is 47.9 Å². The van der Waals surface area contributed by atoms with Crippen LogP contribution in [0.3, 0.4) is 0 Å². The fourth-order valence-corrected chi connectivity index (χ4v) is 2.29. The summed E-state index contributed by atoms with van der Waals surface area (Å²) < 4.78 is 0. The van der Waals surface area contributed by atoms with Gasteiger partial charge in [0.25, 0.3) is 0 Å². The number of pyridine rings is 1. The standard InChI is InChI=1S/C16H21N5O/c1-10-5-6-14(18-9-10)20-16(22)13(8-17)15-19-11(2)7-12(3)21(15)4/h5-9,13,15,17,19H,2H2,1,3-4H3,(H,18,20,22). The van der Waals surface area contributed by atoms with Gasteiger partial charge in [-0.05, 0) is 31.6 Å². The quantitative estimate of drug-likeness (QED) is 0.741. The number of carbonyl (C=O) groups is 1. The van der Waals surface area contributed by atoms with Crippen LogP contribution in [-0.4, -0.2) is 35.2 Å². The van der Waals surface area contributed by atoms with Crippen LogP contribution < -0.4 is 10.6 Å². The van der Waals surface area contributed by atoms with E-state index in [2.05, 4.69) is 22.2 Å². The Balaban J connectivity index is 2.15. The van der Waals surface area contributed by atoms with E-state index in [0.29, 0.717) is 5.82 Å². The van der Waals surface area contributed by atoms with Gasteiger partial charge in [-0.3, -0.25) is 4.79 Å². The van der Waals surface area contributed by atoms with Crippen molar-refractivity contribution in [2.75, 3.05) is 12.4 Å². The fraction of sp³-hybridized carbons (Fsp3) is 0.312. The molecule has 6 heteroatoms. The summed E-state index contributed by atoms with van der Waals surface area (Å²) in [6.07, 6.45) is 4.38. The van der Waals surface area contributed by atoms with Crippen molar-refractivity contribution in [1.82, 2.24) is 15.2 Å². The molecule has 2 atom stereocenters. The second-order valence-corrected chi connectivity index (χ2v) is 5.41. The van der Waals surface area contributed by atoms with E-state index in [1.54, 1.807) is 12.3 Å². The van der Waals surface area contributed by atoms with E-state index in [1.165, 1.54) is 0 Å². The second-order valence-electron chi connectivity index (χ2n) is 5.41. The van der Waals surface area contributed by atoms with Gasteiger partial charge in [0.15, 0.2) is 0 Å². The Morgan fingerprint density at radius 2 is 2.27 bits per heavy atom. The number of allylic oxidation sites excluding steroid dienone is 2. The molecule has 2 unspecified atom stereocenters. The summed E-state index contributed by atoms with van der Waals surface area (Å²) in [5.41, 5.74) is 2.74. The minimum absolute atomic E-state index is 0.279. The van der Waals surface area contributed by atoms with Crippen LogP contribution in [0.25, 0.3) is 0 Å². The van der Waals surface area contributed by atoms with Crippen molar-refractivity contribution in [3.8, 4) is 0 Å². The van der Waals surface area contributed by atoms with Crippen molar-refractivity contribution in [1.29, 1.82) is 5.41 Å². The van der Waals surface area contributed by atoms with Gasteiger partial charge < -0.3 is 20.9 Å². The van der Waals surface area contributed by atoms with Crippen molar-refractivity contribution in [2.45, 2.75) is 20.0 Å². The van der Waals surface area contributed by atoms with Crippen LogP contribution >= 0.6 is 0 Å². The Kier molecular flexibility index (Phi) is 4.60. The van der Waals surface area contributed by atoms with E-state index in [0.717, 1.165) is 23.2 Å². The van der Waals surface area contributed by atoms with Gasteiger partial charge >= 0.3 is 0 Å². The van der Waals surface area contributed by atoms with Gasteiger partial charge in [0.1, 0.15) is 17.9 Å². The molecule has 1 aliphatic rings. The van der Waals surface area contributed by atoms with Gasteiger partial charge in [-0.1, -0.05) is 12.6 Å². The Bertz CT molecular complexity index is 620. The SMILES string of the molecule is C=C1C=C(C)N(C)C(C(C=N)C(=O)Nc2ccc(C)cn2)N1. The third kappa shape index (κ3) is 3.33. The van der Waals surface area contributed by atoms with Gasteiger partial charge in [-0.25, -0.2) is 4.98 Å². The number of amides is 1. The zero-order chi connectivity index (χ0) is 16.3. The first-order valence-electron chi connectivity index (χ1n) is 7.03. The zero-order valence-corrected chi connectivity index (χ0v) is 13.1. The lowest BCUT2D eigenvalue weighted by molar-refractivity contribution is -0.119. The smallest absolute Gasteiger partial charge is 0.238 e. The molecule has 22 heavy (non-hydrogen) atoms. The molecule has 2 rings (SSSR count). The summed E-state index contributed by atoms with van der Waals surface area (Å²) in [5, 5.41) is 13.5. The molecular formula is C16H21N5O. The minimum atomic E-state index is -0.659. The summed E-state index contributed by atoms with van der Waals surface area (Å²) in [4.78, 5) is 18.6. The molecule has 0 spiro atoms. The normalized spacial score (nSPS) is 19.0. The van der Waals surface area contributed by atoms with E-state index in [9.17, 15) is 4.79 Å². The highest BCUT2D eigenvalue weighted by molar-refractivity contribution is 6.01. The number of nitrogens with one attached hydrogen (secondary N) is 3. The number of aryl methyl sites for hydroxylation is 1. The van der Waals surface area contributed by atoms with E-state index in [-0.39, 0.29) is 12.1 Å². The zero-order valence-electron chi connectivity index (χ0n) is 13.1. The summed E-state index contributed by atoms with van der Waals surface area (Å²) in [6.45, 7) is 7.76. The average molecular weight is 299 g/mol. The summed E-state index contributed by atoms with van der Waals surface area (Å²) in [7, 11) is 1.88. The number of rotatable bonds is 4. The molecule has 6 nitrogen and oxygen atoms in total. The lowest BCUT2D eigenvalue weighted by Crippen LogP contribution is -2.53. The largest absolute Gasteiger partial charge is 0.365 e. The van der Waals surface area contributed by atoms with E-state index in [4.69, 9.17) is 5.41 Å². The van der Waals surface area contributed by atoms with Crippen LogP contribution in [0, 0.1) is 18.3 Å². The van der Waals surface area contributed by atoms with Crippen LogP contribution in [-0.2, 0) is 4.79 Å². The Labute approximate surface area is 130 Å². The second kappa shape index (κ2) is 6.43. The molecule has 1 aromatic rings. The predicted molar refractivity (Wildman–Crippen MR) is 87.5 cm³/mol. The lowest BCUT2D eigenvalue weighted by Gasteiger charge is -2.38. The average Bonchev–Trinajstić information content (AvgIpc) is 2.47. The fourth-order valence-electron chi connectivity index (χ4n) is 2.29. The Morgan fingerprint density at radius 1 is 1.55 bits per heavy atom. The molecule has 0 aliphatic carbocycles. The summed E-state index contributed by atoms with van der Waals surface area (Å²) in [5.74, 6) is -0.460.